The van der Waals surface area contributed by atoms with Crippen molar-refractivity contribution in [2.45, 2.75) is 51.2 Å². The van der Waals surface area contributed by atoms with Crippen LogP contribution in [-0.4, -0.2) is 64.2 Å². The number of carbonyl (C=O) groups is 2. The van der Waals surface area contributed by atoms with Crippen molar-refractivity contribution in [2.75, 3.05) is 31.3 Å². The predicted molar refractivity (Wildman–Crippen MR) is 144 cm³/mol. The van der Waals surface area contributed by atoms with Gasteiger partial charge in [0.05, 0.1) is 26.2 Å². The van der Waals surface area contributed by atoms with E-state index in [-0.39, 0.29) is 24.2 Å². The van der Waals surface area contributed by atoms with Crippen molar-refractivity contribution in [2.24, 2.45) is 0 Å². The van der Waals surface area contributed by atoms with Crippen molar-refractivity contribution >= 4 is 39.1 Å². The molecule has 0 spiro atoms. The van der Waals surface area contributed by atoms with Gasteiger partial charge >= 0.3 is 0 Å². The van der Waals surface area contributed by atoms with Crippen LogP contribution in [0.3, 0.4) is 0 Å². The van der Waals surface area contributed by atoms with Crippen LogP contribution in [-0.2, 0) is 26.2 Å². The Hall–Kier alpha value is -2.98. The first kappa shape index (κ1) is 28.6. The SMILES string of the molecule is COc1ccc(N(CC(=O)N(Cc2cccc(Cl)c2)C(C)C(=O)NC2CCCC2)S(C)(=O)=O)cc1OC. The van der Waals surface area contributed by atoms with Crippen molar-refractivity contribution in [1.29, 1.82) is 0 Å². The molecule has 0 heterocycles. The van der Waals surface area contributed by atoms with Gasteiger partial charge in [-0.3, -0.25) is 13.9 Å². The number of nitrogens with zero attached hydrogens (tertiary/aromatic N) is 2. The summed E-state index contributed by atoms with van der Waals surface area (Å²) in [7, 11) is -0.955. The van der Waals surface area contributed by atoms with Gasteiger partial charge in [-0.15, -0.1) is 0 Å². The molecule has 202 valence electrons. The number of halogens is 1. The average Bonchev–Trinajstić information content (AvgIpc) is 3.37. The van der Waals surface area contributed by atoms with Crippen molar-refractivity contribution < 1.29 is 27.5 Å². The maximum Gasteiger partial charge on any atom is 0.244 e. The number of methoxy groups -OCH3 is 2. The maximum absolute atomic E-state index is 13.7. The number of rotatable bonds is 11. The number of benzene rings is 2. The van der Waals surface area contributed by atoms with Gasteiger partial charge in [0.25, 0.3) is 0 Å². The molecule has 0 aliphatic heterocycles. The van der Waals surface area contributed by atoms with Crippen LogP contribution in [0.25, 0.3) is 0 Å². The number of hydrogen-bond donors (Lipinski definition) is 1. The molecule has 37 heavy (non-hydrogen) atoms. The summed E-state index contributed by atoms with van der Waals surface area (Å²) < 4.78 is 37.1. The second kappa shape index (κ2) is 12.5. The predicted octanol–water partition coefficient (Wildman–Crippen LogP) is 3.60. The zero-order valence-corrected chi connectivity index (χ0v) is 23.1. The normalized spacial score (nSPS) is 14.6. The van der Waals surface area contributed by atoms with E-state index in [9.17, 15) is 18.0 Å². The molecule has 0 radical (unpaired) electrons. The molecular weight excluding hydrogens is 518 g/mol. The molecule has 0 saturated heterocycles. The summed E-state index contributed by atoms with van der Waals surface area (Å²) in [6.07, 6.45) is 4.94. The lowest BCUT2D eigenvalue weighted by Gasteiger charge is -2.32. The van der Waals surface area contributed by atoms with Gasteiger partial charge in [0, 0.05) is 23.7 Å². The van der Waals surface area contributed by atoms with Gasteiger partial charge in [0.2, 0.25) is 21.8 Å². The molecule has 2 amide bonds. The van der Waals surface area contributed by atoms with Crippen LogP contribution in [0.4, 0.5) is 5.69 Å². The molecule has 1 saturated carbocycles. The molecule has 1 fully saturated rings. The molecule has 9 nitrogen and oxygen atoms in total. The highest BCUT2D eigenvalue weighted by Gasteiger charge is 2.31. The lowest BCUT2D eigenvalue weighted by molar-refractivity contribution is -0.139. The molecular formula is C26H34ClN3O6S. The molecule has 11 heteroatoms. The smallest absolute Gasteiger partial charge is 0.244 e. The molecule has 1 aliphatic carbocycles. The summed E-state index contributed by atoms with van der Waals surface area (Å²) in [5.74, 6) is -0.0689. The summed E-state index contributed by atoms with van der Waals surface area (Å²) >= 11 is 6.15. The first-order valence-corrected chi connectivity index (χ1v) is 14.3. The van der Waals surface area contributed by atoms with Crippen LogP contribution in [0.5, 0.6) is 11.5 Å². The van der Waals surface area contributed by atoms with Crippen LogP contribution in [0.1, 0.15) is 38.2 Å². The first-order chi connectivity index (χ1) is 17.5. The van der Waals surface area contributed by atoms with E-state index in [0.717, 1.165) is 41.8 Å². The van der Waals surface area contributed by atoms with Gasteiger partial charge < -0.3 is 19.7 Å². The minimum absolute atomic E-state index is 0.0809. The Morgan fingerprint density at radius 2 is 1.76 bits per heavy atom. The standard InChI is InChI=1S/C26H34ClN3O6S/c1-18(26(32)28-21-10-5-6-11-21)29(16-19-8-7-9-20(27)14-19)25(31)17-30(37(4,33)34)22-12-13-23(35-2)24(15-22)36-3/h7-9,12-15,18,21H,5-6,10-11,16-17H2,1-4H3,(H,28,32). The van der Waals surface area contributed by atoms with E-state index in [1.807, 2.05) is 0 Å². The number of carbonyl (C=O) groups excluding carboxylic acids is 2. The summed E-state index contributed by atoms with van der Waals surface area (Å²) in [4.78, 5) is 28.2. The van der Waals surface area contributed by atoms with E-state index in [0.29, 0.717) is 16.5 Å². The fourth-order valence-corrected chi connectivity index (χ4v) is 5.45. The van der Waals surface area contributed by atoms with E-state index in [4.69, 9.17) is 21.1 Å². The van der Waals surface area contributed by atoms with Crippen LogP contribution in [0.2, 0.25) is 5.02 Å². The highest BCUT2D eigenvalue weighted by molar-refractivity contribution is 7.92. The van der Waals surface area contributed by atoms with Crippen LogP contribution in [0, 0.1) is 0 Å². The highest BCUT2D eigenvalue weighted by Crippen LogP contribution is 2.32. The van der Waals surface area contributed by atoms with Crippen molar-refractivity contribution in [3.8, 4) is 11.5 Å². The Morgan fingerprint density at radius 3 is 2.35 bits per heavy atom. The Morgan fingerprint density at radius 1 is 1.08 bits per heavy atom. The minimum Gasteiger partial charge on any atom is -0.493 e. The maximum atomic E-state index is 13.7. The van der Waals surface area contributed by atoms with Gasteiger partial charge in [-0.1, -0.05) is 36.6 Å². The number of ether oxygens (including phenoxy) is 2. The summed E-state index contributed by atoms with van der Waals surface area (Å²) in [5, 5.41) is 3.53. The Labute approximate surface area is 223 Å². The van der Waals surface area contributed by atoms with Crippen LogP contribution in [0.15, 0.2) is 42.5 Å². The molecule has 2 aromatic rings. The quantitative estimate of drug-likeness (QED) is 0.457. The van der Waals surface area contributed by atoms with E-state index >= 15 is 0 Å². The van der Waals surface area contributed by atoms with E-state index in [1.165, 1.54) is 31.3 Å². The average molecular weight is 552 g/mol. The third kappa shape index (κ3) is 7.52. The van der Waals surface area contributed by atoms with Crippen LogP contribution < -0.4 is 19.1 Å². The third-order valence-corrected chi connectivity index (χ3v) is 7.82. The molecule has 1 aliphatic rings. The summed E-state index contributed by atoms with van der Waals surface area (Å²) in [6, 6.07) is 10.8. The molecule has 2 aromatic carbocycles. The summed E-state index contributed by atoms with van der Waals surface area (Å²) in [6.45, 7) is 1.23. The van der Waals surface area contributed by atoms with Crippen LogP contribution >= 0.6 is 11.6 Å². The van der Waals surface area contributed by atoms with Crippen molar-refractivity contribution in [3.63, 3.8) is 0 Å². The lowest BCUT2D eigenvalue weighted by Crippen LogP contribution is -2.52. The molecule has 0 bridgehead atoms. The number of amides is 2. The zero-order valence-electron chi connectivity index (χ0n) is 21.6. The minimum atomic E-state index is -3.87. The number of sulfonamides is 1. The Kier molecular flexibility index (Phi) is 9.67. The highest BCUT2D eigenvalue weighted by atomic mass is 35.5. The second-order valence-electron chi connectivity index (χ2n) is 9.13. The number of hydrogen-bond acceptors (Lipinski definition) is 6. The molecule has 1 atom stereocenters. The molecule has 1 unspecified atom stereocenters. The largest absolute Gasteiger partial charge is 0.493 e. The van der Waals surface area contributed by atoms with E-state index in [1.54, 1.807) is 37.3 Å². The van der Waals surface area contributed by atoms with Crippen molar-refractivity contribution in [3.05, 3.63) is 53.1 Å². The number of anilines is 1. The lowest BCUT2D eigenvalue weighted by atomic mass is 10.1. The summed E-state index contributed by atoms with van der Waals surface area (Å²) in [5.41, 5.74) is 0.956. The fraction of sp³-hybridized carbons (Fsp3) is 0.462. The molecule has 3 rings (SSSR count). The van der Waals surface area contributed by atoms with Gasteiger partial charge in [0.15, 0.2) is 11.5 Å². The zero-order chi connectivity index (χ0) is 27.2. The topological polar surface area (TPSA) is 105 Å². The van der Waals surface area contributed by atoms with Gasteiger partial charge in [0.1, 0.15) is 12.6 Å². The number of nitrogens with one attached hydrogen (secondary N) is 1. The Balaban J connectivity index is 1.91. The van der Waals surface area contributed by atoms with Gasteiger partial charge in [-0.05, 0) is 49.6 Å². The van der Waals surface area contributed by atoms with Gasteiger partial charge in [-0.2, -0.15) is 0 Å². The van der Waals surface area contributed by atoms with E-state index < -0.39 is 28.5 Å². The molecule has 1 N–H and O–H groups in total. The Bertz CT molecular complexity index is 1220. The van der Waals surface area contributed by atoms with Gasteiger partial charge in [-0.25, -0.2) is 8.42 Å². The molecule has 0 aromatic heterocycles. The fourth-order valence-electron chi connectivity index (χ4n) is 4.40. The van der Waals surface area contributed by atoms with E-state index in [2.05, 4.69) is 5.32 Å². The van der Waals surface area contributed by atoms with Crippen molar-refractivity contribution in [1.82, 2.24) is 10.2 Å². The third-order valence-electron chi connectivity index (χ3n) is 6.45. The second-order valence-corrected chi connectivity index (χ2v) is 11.5. The monoisotopic (exact) mass is 551 g/mol. The first-order valence-electron chi connectivity index (χ1n) is 12.1.